The van der Waals surface area contributed by atoms with E-state index in [1.807, 2.05) is 0 Å². The molecule has 0 saturated heterocycles. The Morgan fingerprint density at radius 3 is 2.23 bits per heavy atom. The first kappa shape index (κ1) is 14.0. The minimum Gasteiger partial charge on any atom is -0.506 e. The van der Waals surface area contributed by atoms with Crippen molar-refractivity contribution in [3.63, 3.8) is 0 Å². The molecule has 0 spiro atoms. The van der Waals surface area contributed by atoms with Crippen molar-refractivity contribution < 1.29 is 14.6 Å². The van der Waals surface area contributed by atoms with Crippen molar-refractivity contribution in [3.8, 4) is 28.4 Å². The predicted octanol–water partition coefficient (Wildman–Crippen LogP) is 2.92. The average Bonchev–Trinajstić information content (AvgIpc) is 2.55. The van der Waals surface area contributed by atoms with Crippen LogP contribution in [0.2, 0.25) is 0 Å². The molecule has 3 rings (SSSR count). The van der Waals surface area contributed by atoms with Crippen molar-refractivity contribution in [2.75, 3.05) is 14.2 Å². The Labute approximate surface area is 126 Å². The van der Waals surface area contributed by atoms with E-state index in [0.29, 0.717) is 28.0 Å². The molecular formula is C17H15NO4. The lowest BCUT2D eigenvalue weighted by Gasteiger charge is -2.09. The number of ether oxygens (including phenoxy) is 2. The first-order valence-corrected chi connectivity index (χ1v) is 6.71. The molecule has 5 nitrogen and oxygen atoms in total. The van der Waals surface area contributed by atoms with Gasteiger partial charge in [-0.25, -0.2) is 0 Å². The SMILES string of the molecule is COc1ccc(-c2c(O)c3ccc(OC)cc3[nH]c2=O)cc1. The lowest BCUT2D eigenvalue weighted by Crippen LogP contribution is -2.09. The zero-order valence-electron chi connectivity index (χ0n) is 12.2. The molecule has 1 heterocycles. The number of pyridine rings is 1. The number of H-pyrrole nitrogens is 1. The molecule has 0 aliphatic carbocycles. The topological polar surface area (TPSA) is 71.5 Å². The van der Waals surface area contributed by atoms with E-state index >= 15 is 0 Å². The van der Waals surface area contributed by atoms with E-state index in [2.05, 4.69) is 4.98 Å². The highest BCUT2D eigenvalue weighted by Crippen LogP contribution is 2.33. The number of aromatic amines is 1. The van der Waals surface area contributed by atoms with Gasteiger partial charge in [0.05, 0.1) is 25.3 Å². The van der Waals surface area contributed by atoms with Gasteiger partial charge in [-0.15, -0.1) is 0 Å². The van der Waals surface area contributed by atoms with E-state index in [4.69, 9.17) is 9.47 Å². The number of hydrogen-bond acceptors (Lipinski definition) is 4. The second-order valence-corrected chi connectivity index (χ2v) is 4.82. The number of hydrogen-bond donors (Lipinski definition) is 2. The minimum atomic E-state index is -0.358. The first-order valence-electron chi connectivity index (χ1n) is 6.71. The monoisotopic (exact) mass is 297 g/mol. The number of rotatable bonds is 3. The summed E-state index contributed by atoms with van der Waals surface area (Å²) in [6, 6.07) is 12.1. The fourth-order valence-electron chi connectivity index (χ4n) is 2.41. The molecule has 3 aromatic rings. The van der Waals surface area contributed by atoms with Gasteiger partial charge >= 0.3 is 0 Å². The van der Waals surface area contributed by atoms with E-state index in [1.54, 1.807) is 56.7 Å². The number of nitrogens with one attached hydrogen (secondary N) is 1. The van der Waals surface area contributed by atoms with E-state index in [-0.39, 0.29) is 16.9 Å². The summed E-state index contributed by atoms with van der Waals surface area (Å²) >= 11 is 0. The molecule has 0 aliphatic rings. The van der Waals surface area contributed by atoms with Gasteiger partial charge in [-0.1, -0.05) is 12.1 Å². The zero-order valence-corrected chi connectivity index (χ0v) is 12.2. The number of aromatic nitrogens is 1. The molecule has 0 amide bonds. The lowest BCUT2D eigenvalue weighted by molar-refractivity contribution is 0.415. The number of methoxy groups -OCH3 is 2. The molecule has 0 bridgehead atoms. The Bertz CT molecular complexity index is 882. The first-order chi connectivity index (χ1) is 10.6. The number of fused-ring (bicyclic) bond motifs is 1. The molecule has 22 heavy (non-hydrogen) atoms. The fraction of sp³-hybridized carbons (Fsp3) is 0.118. The van der Waals surface area contributed by atoms with Crippen LogP contribution < -0.4 is 15.0 Å². The summed E-state index contributed by atoms with van der Waals surface area (Å²) in [6.45, 7) is 0. The smallest absolute Gasteiger partial charge is 0.260 e. The van der Waals surface area contributed by atoms with Crippen molar-refractivity contribution >= 4 is 10.9 Å². The second-order valence-electron chi connectivity index (χ2n) is 4.82. The van der Waals surface area contributed by atoms with Gasteiger partial charge in [-0.2, -0.15) is 0 Å². The van der Waals surface area contributed by atoms with Gasteiger partial charge in [0.2, 0.25) is 0 Å². The molecule has 2 N–H and O–H groups in total. The molecule has 112 valence electrons. The maximum Gasteiger partial charge on any atom is 0.260 e. The van der Waals surface area contributed by atoms with Gasteiger partial charge in [-0.3, -0.25) is 4.79 Å². The van der Waals surface area contributed by atoms with Crippen LogP contribution in [0.4, 0.5) is 0 Å². The van der Waals surface area contributed by atoms with E-state index < -0.39 is 0 Å². The van der Waals surface area contributed by atoms with Crippen LogP contribution in [0.15, 0.2) is 47.3 Å². The van der Waals surface area contributed by atoms with Gasteiger partial charge in [0.25, 0.3) is 5.56 Å². The third-order valence-electron chi connectivity index (χ3n) is 3.57. The van der Waals surface area contributed by atoms with E-state index in [0.717, 1.165) is 0 Å². The summed E-state index contributed by atoms with van der Waals surface area (Å²) < 4.78 is 10.2. The lowest BCUT2D eigenvalue weighted by atomic mass is 10.0. The molecular weight excluding hydrogens is 282 g/mol. The Kier molecular flexibility index (Phi) is 3.47. The molecule has 0 unspecified atom stereocenters. The molecule has 0 aliphatic heterocycles. The summed E-state index contributed by atoms with van der Waals surface area (Å²) in [5.41, 5.74) is 1.03. The Morgan fingerprint density at radius 2 is 1.59 bits per heavy atom. The Hall–Kier alpha value is -2.95. The van der Waals surface area contributed by atoms with Crippen molar-refractivity contribution in [1.82, 2.24) is 4.98 Å². The highest BCUT2D eigenvalue weighted by molar-refractivity contribution is 5.92. The van der Waals surface area contributed by atoms with E-state index in [1.165, 1.54) is 0 Å². The summed E-state index contributed by atoms with van der Waals surface area (Å²) in [5.74, 6) is 1.25. The molecule has 0 saturated carbocycles. The minimum absolute atomic E-state index is 0.0495. The summed E-state index contributed by atoms with van der Waals surface area (Å²) in [6.07, 6.45) is 0. The van der Waals surface area contributed by atoms with Crippen LogP contribution in [0.3, 0.4) is 0 Å². The van der Waals surface area contributed by atoms with E-state index in [9.17, 15) is 9.90 Å². The Balaban J connectivity index is 2.23. The van der Waals surface area contributed by atoms with Crippen LogP contribution in [0.5, 0.6) is 17.2 Å². The van der Waals surface area contributed by atoms with Crippen LogP contribution in [-0.4, -0.2) is 24.3 Å². The molecule has 2 aromatic carbocycles. The van der Waals surface area contributed by atoms with Gasteiger partial charge in [0.1, 0.15) is 17.2 Å². The molecule has 0 radical (unpaired) electrons. The summed E-state index contributed by atoms with van der Waals surface area (Å²) in [7, 11) is 3.12. The highest BCUT2D eigenvalue weighted by Gasteiger charge is 2.14. The maximum absolute atomic E-state index is 12.3. The molecule has 0 fully saturated rings. The molecule has 1 aromatic heterocycles. The normalized spacial score (nSPS) is 10.6. The highest BCUT2D eigenvalue weighted by atomic mass is 16.5. The van der Waals surface area contributed by atoms with Crippen molar-refractivity contribution in [1.29, 1.82) is 0 Å². The van der Waals surface area contributed by atoms with Crippen molar-refractivity contribution in [2.45, 2.75) is 0 Å². The van der Waals surface area contributed by atoms with Crippen LogP contribution in [0.1, 0.15) is 0 Å². The largest absolute Gasteiger partial charge is 0.506 e. The van der Waals surface area contributed by atoms with Crippen LogP contribution in [-0.2, 0) is 0 Å². The van der Waals surface area contributed by atoms with Gasteiger partial charge in [0, 0.05) is 11.5 Å². The average molecular weight is 297 g/mol. The Morgan fingerprint density at radius 1 is 0.955 bits per heavy atom. The standard InChI is InChI=1S/C17H15NO4/c1-21-11-5-3-10(4-6-11)15-16(19)13-8-7-12(22-2)9-14(13)18-17(15)20/h3-9H,1-2H3,(H2,18,19,20). The van der Waals surface area contributed by atoms with Crippen LogP contribution in [0, 0.1) is 0 Å². The summed E-state index contributed by atoms with van der Waals surface area (Å²) in [4.78, 5) is 15.1. The number of aromatic hydroxyl groups is 1. The second kappa shape index (κ2) is 5.44. The third kappa shape index (κ3) is 2.26. The zero-order chi connectivity index (χ0) is 15.7. The van der Waals surface area contributed by atoms with Crippen LogP contribution in [0.25, 0.3) is 22.0 Å². The predicted molar refractivity (Wildman–Crippen MR) is 84.8 cm³/mol. The van der Waals surface area contributed by atoms with Crippen molar-refractivity contribution in [2.24, 2.45) is 0 Å². The number of benzene rings is 2. The van der Waals surface area contributed by atoms with Gasteiger partial charge in [-0.05, 0) is 29.8 Å². The van der Waals surface area contributed by atoms with Crippen molar-refractivity contribution in [3.05, 3.63) is 52.8 Å². The van der Waals surface area contributed by atoms with Gasteiger partial charge < -0.3 is 19.6 Å². The quantitative estimate of drug-likeness (QED) is 0.779. The van der Waals surface area contributed by atoms with Crippen LogP contribution >= 0.6 is 0 Å². The molecule has 5 heteroatoms. The van der Waals surface area contributed by atoms with Gasteiger partial charge in [0.15, 0.2) is 0 Å². The summed E-state index contributed by atoms with van der Waals surface area (Å²) in [5, 5.41) is 11.0. The maximum atomic E-state index is 12.3. The fourth-order valence-corrected chi connectivity index (χ4v) is 2.41. The molecule has 0 atom stereocenters. The third-order valence-corrected chi connectivity index (χ3v) is 3.57.